The van der Waals surface area contributed by atoms with Crippen molar-refractivity contribution in [2.75, 3.05) is 6.61 Å². The number of hydrogen-bond donors (Lipinski definition) is 0. The van der Waals surface area contributed by atoms with Gasteiger partial charge >= 0.3 is 5.97 Å². The summed E-state index contributed by atoms with van der Waals surface area (Å²) in [6.45, 7) is 5.68. The maximum absolute atomic E-state index is 10.7. The second kappa shape index (κ2) is 5.67. The Morgan fingerprint density at radius 2 is 2.06 bits per heavy atom. The SMILES string of the molecule is C=C[C@H]1C[C@@H](C=CCOC(C)=O)c2ccccc21. The van der Waals surface area contributed by atoms with Crippen LogP contribution in [0.2, 0.25) is 0 Å². The Balaban J connectivity index is 2.07. The van der Waals surface area contributed by atoms with Crippen LogP contribution in [0.25, 0.3) is 0 Å². The lowest BCUT2D eigenvalue weighted by molar-refractivity contribution is -0.139. The Bertz CT molecular complexity index is 474. The average Bonchev–Trinajstić information content (AvgIpc) is 2.73. The first-order chi connectivity index (χ1) is 8.72. The van der Waals surface area contributed by atoms with E-state index in [1.807, 2.05) is 12.2 Å². The van der Waals surface area contributed by atoms with Gasteiger partial charge in [0.25, 0.3) is 0 Å². The first-order valence-corrected chi connectivity index (χ1v) is 6.23. The predicted molar refractivity (Wildman–Crippen MR) is 72.5 cm³/mol. The molecule has 0 bridgehead atoms. The molecule has 0 radical (unpaired) electrons. The summed E-state index contributed by atoms with van der Waals surface area (Å²) in [5, 5.41) is 0. The molecule has 1 aliphatic carbocycles. The third-order valence-corrected chi connectivity index (χ3v) is 3.34. The van der Waals surface area contributed by atoms with Gasteiger partial charge in [0.05, 0.1) is 0 Å². The van der Waals surface area contributed by atoms with Crippen molar-refractivity contribution in [3.63, 3.8) is 0 Å². The van der Waals surface area contributed by atoms with Crippen LogP contribution in [-0.4, -0.2) is 12.6 Å². The van der Waals surface area contributed by atoms with Gasteiger partial charge in [-0.05, 0) is 17.5 Å². The van der Waals surface area contributed by atoms with Gasteiger partial charge in [-0.15, -0.1) is 6.58 Å². The number of allylic oxidation sites excluding steroid dienone is 2. The highest BCUT2D eigenvalue weighted by Crippen LogP contribution is 2.42. The largest absolute Gasteiger partial charge is 0.462 e. The third-order valence-electron chi connectivity index (χ3n) is 3.34. The summed E-state index contributed by atoms with van der Waals surface area (Å²) in [5.41, 5.74) is 2.73. The summed E-state index contributed by atoms with van der Waals surface area (Å²) < 4.78 is 4.90. The molecule has 2 nitrogen and oxygen atoms in total. The summed E-state index contributed by atoms with van der Waals surface area (Å²) in [4.78, 5) is 10.7. The zero-order valence-electron chi connectivity index (χ0n) is 10.6. The average molecular weight is 242 g/mol. The van der Waals surface area contributed by atoms with E-state index in [4.69, 9.17) is 4.74 Å². The van der Waals surface area contributed by atoms with E-state index >= 15 is 0 Å². The van der Waals surface area contributed by atoms with Crippen LogP contribution in [0.1, 0.15) is 36.3 Å². The maximum Gasteiger partial charge on any atom is 0.302 e. The van der Waals surface area contributed by atoms with Crippen LogP contribution in [0.3, 0.4) is 0 Å². The molecule has 1 aliphatic rings. The van der Waals surface area contributed by atoms with E-state index in [-0.39, 0.29) is 5.97 Å². The Morgan fingerprint density at radius 3 is 2.67 bits per heavy atom. The molecular weight excluding hydrogens is 224 g/mol. The number of benzene rings is 1. The maximum atomic E-state index is 10.7. The number of hydrogen-bond acceptors (Lipinski definition) is 2. The predicted octanol–water partition coefficient (Wildman–Crippen LogP) is 3.56. The van der Waals surface area contributed by atoms with E-state index in [0.717, 1.165) is 6.42 Å². The number of rotatable bonds is 4. The minimum Gasteiger partial charge on any atom is -0.462 e. The molecule has 2 heteroatoms. The second-order valence-corrected chi connectivity index (χ2v) is 4.54. The number of carbonyl (C=O) groups excluding carboxylic acids is 1. The van der Waals surface area contributed by atoms with Crippen molar-refractivity contribution < 1.29 is 9.53 Å². The molecule has 18 heavy (non-hydrogen) atoms. The lowest BCUT2D eigenvalue weighted by atomic mass is 10.0. The van der Waals surface area contributed by atoms with Crippen LogP contribution < -0.4 is 0 Å². The zero-order chi connectivity index (χ0) is 13.0. The van der Waals surface area contributed by atoms with E-state index in [2.05, 4.69) is 36.9 Å². The normalized spacial score (nSPS) is 21.8. The molecule has 1 aromatic rings. The second-order valence-electron chi connectivity index (χ2n) is 4.54. The zero-order valence-corrected chi connectivity index (χ0v) is 10.6. The van der Waals surface area contributed by atoms with Crippen LogP contribution in [-0.2, 0) is 9.53 Å². The van der Waals surface area contributed by atoms with E-state index in [9.17, 15) is 4.79 Å². The molecule has 94 valence electrons. The summed E-state index contributed by atoms with van der Waals surface area (Å²) in [6, 6.07) is 8.47. The fraction of sp³-hybridized carbons (Fsp3) is 0.312. The van der Waals surface area contributed by atoms with Gasteiger partial charge in [0.1, 0.15) is 6.61 Å². The van der Waals surface area contributed by atoms with Crippen molar-refractivity contribution in [1.82, 2.24) is 0 Å². The third kappa shape index (κ3) is 2.70. The van der Waals surface area contributed by atoms with Crippen LogP contribution in [0.5, 0.6) is 0 Å². The van der Waals surface area contributed by atoms with Gasteiger partial charge in [-0.1, -0.05) is 42.5 Å². The lowest BCUT2D eigenvalue weighted by Gasteiger charge is -2.05. The quantitative estimate of drug-likeness (QED) is 0.596. The van der Waals surface area contributed by atoms with Crippen molar-refractivity contribution in [1.29, 1.82) is 0 Å². The highest BCUT2D eigenvalue weighted by molar-refractivity contribution is 5.66. The van der Waals surface area contributed by atoms with Gasteiger partial charge in [0.15, 0.2) is 0 Å². The number of ether oxygens (including phenoxy) is 1. The fourth-order valence-electron chi connectivity index (χ4n) is 2.50. The Morgan fingerprint density at radius 1 is 1.39 bits per heavy atom. The Kier molecular flexibility index (Phi) is 3.98. The molecule has 0 amide bonds. The lowest BCUT2D eigenvalue weighted by Crippen LogP contribution is -1.98. The first kappa shape index (κ1) is 12.6. The molecule has 1 aromatic carbocycles. The summed E-state index contributed by atoms with van der Waals surface area (Å²) in [7, 11) is 0. The molecule has 0 saturated carbocycles. The van der Waals surface area contributed by atoms with E-state index in [1.165, 1.54) is 18.1 Å². The monoisotopic (exact) mass is 242 g/mol. The topological polar surface area (TPSA) is 26.3 Å². The number of esters is 1. The van der Waals surface area contributed by atoms with Gasteiger partial charge < -0.3 is 4.74 Å². The molecule has 0 aliphatic heterocycles. The molecule has 0 fully saturated rings. The van der Waals surface area contributed by atoms with Gasteiger partial charge in [0.2, 0.25) is 0 Å². The summed E-state index contributed by atoms with van der Waals surface area (Å²) >= 11 is 0. The van der Waals surface area contributed by atoms with Crippen molar-refractivity contribution >= 4 is 5.97 Å². The fourth-order valence-corrected chi connectivity index (χ4v) is 2.50. The minimum atomic E-state index is -0.240. The molecule has 0 aromatic heterocycles. The van der Waals surface area contributed by atoms with Crippen LogP contribution >= 0.6 is 0 Å². The van der Waals surface area contributed by atoms with Crippen molar-refractivity contribution in [3.05, 3.63) is 60.2 Å². The Hall–Kier alpha value is -1.83. The van der Waals surface area contributed by atoms with Crippen molar-refractivity contribution in [2.24, 2.45) is 0 Å². The molecule has 0 unspecified atom stereocenters. The molecule has 2 atom stereocenters. The molecule has 0 heterocycles. The molecule has 0 saturated heterocycles. The number of carbonyl (C=O) groups is 1. The molecule has 0 spiro atoms. The first-order valence-electron chi connectivity index (χ1n) is 6.23. The smallest absolute Gasteiger partial charge is 0.302 e. The van der Waals surface area contributed by atoms with E-state index in [0.29, 0.717) is 18.4 Å². The Labute approximate surface area is 108 Å². The molecule has 2 rings (SSSR count). The van der Waals surface area contributed by atoms with Gasteiger partial charge in [-0.25, -0.2) is 0 Å². The van der Waals surface area contributed by atoms with Crippen LogP contribution in [0.15, 0.2) is 49.1 Å². The molecule has 0 N–H and O–H groups in total. The van der Waals surface area contributed by atoms with Gasteiger partial charge in [-0.2, -0.15) is 0 Å². The van der Waals surface area contributed by atoms with E-state index in [1.54, 1.807) is 0 Å². The van der Waals surface area contributed by atoms with Gasteiger partial charge in [0, 0.05) is 18.8 Å². The van der Waals surface area contributed by atoms with Crippen molar-refractivity contribution in [3.8, 4) is 0 Å². The number of fused-ring (bicyclic) bond motifs is 1. The van der Waals surface area contributed by atoms with Crippen LogP contribution in [0.4, 0.5) is 0 Å². The van der Waals surface area contributed by atoms with Gasteiger partial charge in [-0.3, -0.25) is 4.79 Å². The standard InChI is InChI=1S/C16H18O2/c1-3-13-11-14(7-6-10-18-12(2)17)16-9-5-4-8-15(13)16/h3-9,13-14H,1,10-11H2,2H3/t13-,14+/m0/s1. The van der Waals surface area contributed by atoms with Crippen LogP contribution in [0, 0.1) is 0 Å². The summed E-state index contributed by atoms with van der Waals surface area (Å²) in [6.07, 6.45) is 7.12. The van der Waals surface area contributed by atoms with Crippen molar-refractivity contribution in [2.45, 2.75) is 25.2 Å². The highest BCUT2D eigenvalue weighted by Gasteiger charge is 2.26. The van der Waals surface area contributed by atoms with E-state index < -0.39 is 0 Å². The molecular formula is C16H18O2. The summed E-state index contributed by atoms with van der Waals surface area (Å²) in [5.74, 6) is 0.597. The highest BCUT2D eigenvalue weighted by atomic mass is 16.5. The minimum absolute atomic E-state index is 0.240.